The quantitative estimate of drug-likeness (QED) is 0.128. The number of carbonyl (C=O) groups is 1. The summed E-state index contributed by atoms with van der Waals surface area (Å²) in [7, 11) is -4.71. The topological polar surface area (TPSA) is 74.2 Å². The molecule has 1 aliphatic carbocycles. The van der Waals surface area contributed by atoms with Crippen LogP contribution in [0.25, 0.3) is 0 Å². The van der Waals surface area contributed by atoms with Gasteiger partial charge >= 0.3 is 6.16 Å². The van der Waals surface area contributed by atoms with E-state index in [-0.39, 0.29) is 22.6 Å². The van der Waals surface area contributed by atoms with Gasteiger partial charge in [0.1, 0.15) is 12.7 Å². The average Bonchev–Trinajstić information content (AvgIpc) is 3.36. The predicted octanol–water partition coefficient (Wildman–Crippen LogP) is 7.21. The molecule has 4 rings (SSSR count). The maximum absolute atomic E-state index is 12.4. The van der Waals surface area contributed by atoms with Crippen LogP contribution in [0.5, 0.6) is 0 Å². The van der Waals surface area contributed by atoms with Crippen molar-refractivity contribution in [3.05, 3.63) is 72.3 Å². The van der Waals surface area contributed by atoms with E-state index in [2.05, 4.69) is 116 Å². The summed E-state index contributed by atoms with van der Waals surface area (Å²) in [6, 6.07) is 21.2. The molecule has 1 spiro atoms. The molecule has 1 saturated heterocycles. The molecule has 1 heterocycles. The minimum absolute atomic E-state index is 0.0241. The van der Waals surface area contributed by atoms with Gasteiger partial charge in [-0.1, -0.05) is 122 Å². The number of hydrogen-bond donors (Lipinski definition) is 1. The molecule has 0 aromatic heterocycles. The molecule has 242 valence electrons. The van der Waals surface area contributed by atoms with Gasteiger partial charge in [-0.05, 0) is 52.0 Å². The van der Waals surface area contributed by atoms with Gasteiger partial charge in [-0.3, -0.25) is 0 Å². The van der Waals surface area contributed by atoms with Crippen LogP contribution in [0, 0.1) is 11.3 Å². The molecule has 0 amide bonds. The van der Waals surface area contributed by atoms with Crippen LogP contribution in [-0.2, 0) is 18.3 Å². The van der Waals surface area contributed by atoms with Crippen LogP contribution < -0.4 is 10.4 Å². The van der Waals surface area contributed by atoms with E-state index in [0.717, 1.165) is 12.0 Å². The van der Waals surface area contributed by atoms with Crippen molar-refractivity contribution in [2.45, 2.75) is 103 Å². The Morgan fingerprint density at radius 3 is 1.91 bits per heavy atom. The fourth-order valence-corrected chi connectivity index (χ4v) is 12.4. The Morgan fingerprint density at radius 2 is 1.45 bits per heavy atom. The van der Waals surface area contributed by atoms with Gasteiger partial charge < -0.3 is 23.4 Å². The molecule has 0 radical (unpaired) electrons. The van der Waals surface area contributed by atoms with Gasteiger partial charge in [0.2, 0.25) is 0 Å². The highest BCUT2D eigenvalue weighted by Crippen LogP contribution is 2.52. The minimum Gasteiger partial charge on any atom is -0.430 e. The smallest absolute Gasteiger partial charge is 0.430 e. The van der Waals surface area contributed by atoms with Gasteiger partial charge in [0.25, 0.3) is 8.32 Å². The first-order valence-corrected chi connectivity index (χ1v) is 20.9. The summed E-state index contributed by atoms with van der Waals surface area (Å²) in [5.74, 6) is -0.292. The number of carbonyl (C=O) groups excluding carboxylic acids is 1. The number of hydrogen-bond acceptors (Lipinski definition) is 6. The largest absolute Gasteiger partial charge is 0.509 e. The van der Waals surface area contributed by atoms with E-state index in [1.165, 1.54) is 10.4 Å². The first-order chi connectivity index (χ1) is 20.4. The average molecular weight is 639 g/mol. The van der Waals surface area contributed by atoms with Crippen LogP contribution in [-0.4, -0.2) is 59.4 Å². The Balaban J connectivity index is 1.71. The summed E-state index contributed by atoms with van der Waals surface area (Å²) < 4.78 is 25.1. The standard InChI is InChI=1S/C36H54O6Si2/c1-27-28(25-41-44(34(5,6)7,29-18-13-11-14-19-29)30-20-15-12-16-21-30)24-35(8,36(31(27)37)26-39-32(38)42-36)22-17-23-40-43(9,10)33(2,3)4/h11-16,18-21,24,27,31,37H,17,22-23,25-26H2,1-10H3/t27-,31+,35+,36-/m1/s1. The molecule has 8 heteroatoms. The molecule has 0 saturated carbocycles. The van der Waals surface area contributed by atoms with Crippen molar-refractivity contribution in [2.24, 2.45) is 11.3 Å². The van der Waals surface area contributed by atoms with Gasteiger partial charge in [-0.15, -0.1) is 0 Å². The molecule has 44 heavy (non-hydrogen) atoms. The van der Waals surface area contributed by atoms with Crippen LogP contribution >= 0.6 is 0 Å². The van der Waals surface area contributed by atoms with E-state index >= 15 is 0 Å². The number of rotatable bonds is 10. The zero-order valence-electron chi connectivity index (χ0n) is 28.5. The summed E-state index contributed by atoms with van der Waals surface area (Å²) >= 11 is 0. The minimum atomic E-state index is -2.80. The van der Waals surface area contributed by atoms with Crippen LogP contribution in [0.15, 0.2) is 72.3 Å². The lowest BCUT2D eigenvalue weighted by atomic mass is 9.60. The predicted molar refractivity (Wildman–Crippen MR) is 182 cm³/mol. The van der Waals surface area contributed by atoms with Crippen molar-refractivity contribution in [1.82, 2.24) is 0 Å². The summed E-state index contributed by atoms with van der Waals surface area (Å²) in [6.07, 6.45) is 1.99. The Bertz CT molecular complexity index is 1270. The zero-order chi connectivity index (χ0) is 32.6. The van der Waals surface area contributed by atoms with E-state index in [1.54, 1.807) is 0 Å². The fraction of sp³-hybridized carbons (Fsp3) is 0.583. The molecule has 2 aliphatic rings. The van der Waals surface area contributed by atoms with Gasteiger partial charge in [0.05, 0.1) is 6.61 Å². The first-order valence-electron chi connectivity index (χ1n) is 16.0. The second-order valence-corrected chi connectivity index (χ2v) is 24.7. The van der Waals surface area contributed by atoms with Gasteiger partial charge in [-0.2, -0.15) is 0 Å². The Kier molecular flexibility index (Phi) is 9.85. The van der Waals surface area contributed by atoms with Crippen molar-refractivity contribution in [3.8, 4) is 0 Å². The third-order valence-electron chi connectivity index (χ3n) is 10.7. The molecular weight excluding hydrogens is 585 g/mol. The highest BCUT2D eigenvalue weighted by molar-refractivity contribution is 6.99. The maximum Gasteiger partial charge on any atom is 0.509 e. The Labute approximate surface area is 267 Å². The summed E-state index contributed by atoms with van der Waals surface area (Å²) in [5, 5.41) is 14.3. The van der Waals surface area contributed by atoms with E-state index in [4.69, 9.17) is 18.3 Å². The van der Waals surface area contributed by atoms with Gasteiger partial charge in [0.15, 0.2) is 13.9 Å². The van der Waals surface area contributed by atoms with Crippen molar-refractivity contribution in [1.29, 1.82) is 0 Å². The first kappa shape index (κ1) is 34.6. The molecule has 1 aliphatic heterocycles. The summed E-state index contributed by atoms with van der Waals surface area (Å²) in [6.45, 7) is 23.1. The number of benzene rings is 2. The molecule has 0 bridgehead atoms. The van der Waals surface area contributed by atoms with Crippen molar-refractivity contribution >= 4 is 33.2 Å². The highest BCUT2D eigenvalue weighted by Gasteiger charge is 2.63. The third kappa shape index (κ3) is 6.25. The van der Waals surface area contributed by atoms with Gasteiger partial charge in [-0.25, -0.2) is 4.79 Å². The molecule has 0 unspecified atom stereocenters. The van der Waals surface area contributed by atoms with E-state index < -0.39 is 39.9 Å². The Hall–Kier alpha value is -2.24. The molecule has 2 aromatic rings. The monoisotopic (exact) mass is 638 g/mol. The van der Waals surface area contributed by atoms with Crippen LogP contribution in [0.4, 0.5) is 4.79 Å². The molecule has 2 aromatic carbocycles. The highest BCUT2D eigenvalue weighted by atomic mass is 28.4. The fourth-order valence-electron chi connectivity index (χ4n) is 6.80. The maximum atomic E-state index is 12.4. The molecular formula is C36H54O6Si2. The summed E-state index contributed by atoms with van der Waals surface area (Å²) in [4.78, 5) is 12.4. The van der Waals surface area contributed by atoms with Gasteiger partial charge in [0, 0.05) is 17.9 Å². The lowest BCUT2D eigenvalue weighted by molar-refractivity contribution is -0.141. The van der Waals surface area contributed by atoms with Crippen LogP contribution in [0.1, 0.15) is 68.2 Å². The SMILES string of the molecule is C[C@@H]1C(CO[Si](c2ccccc2)(c2ccccc2)C(C)(C)C)=C[C@](C)(CCCO[Si](C)(C)C(C)(C)C)[C@@]2(COC(=O)O2)[C@H]1O. The van der Waals surface area contributed by atoms with Crippen molar-refractivity contribution in [2.75, 3.05) is 19.8 Å². The normalized spacial score (nSPS) is 26.3. The Morgan fingerprint density at radius 1 is 0.909 bits per heavy atom. The van der Waals surface area contributed by atoms with Crippen LogP contribution in [0.3, 0.4) is 0 Å². The number of aliphatic hydroxyl groups excluding tert-OH is 1. The number of ether oxygens (including phenoxy) is 2. The molecule has 4 atom stereocenters. The number of cyclic esters (lactones) is 1. The third-order valence-corrected chi connectivity index (χ3v) is 20.2. The van der Waals surface area contributed by atoms with E-state index in [1.807, 2.05) is 19.1 Å². The second kappa shape index (κ2) is 12.5. The lowest BCUT2D eigenvalue weighted by Gasteiger charge is -2.51. The molecule has 6 nitrogen and oxygen atoms in total. The van der Waals surface area contributed by atoms with Crippen molar-refractivity contribution < 1.29 is 28.2 Å². The van der Waals surface area contributed by atoms with E-state index in [9.17, 15) is 9.90 Å². The molecule has 1 N–H and O–H groups in total. The zero-order valence-corrected chi connectivity index (χ0v) is 30.5. The summed E-state index contributed by atoms with van der Waals surface area (Å²) in [5.41, 5.74) is -0.820. The van der Waals surface area contributed by atoms with Crippen molar-refractivity contribution in [3.63, 3.8) is 0 Å². The van der Waals surface area contributed by atoms with Crippen LogP contribution in [0.2, 0.25) is 23.2 Å². The molecule has 1 fully saturated rings. The second-order valence-electron chi connectivity index (χ2n) is 15.6. The number of aliphatic hydroxyl groups is 1. The lowest BCUT2D eigenvalue weighted by Crippen LogP contribution is -2.67. The van der Waals surface area contributed by atoms with E-state index in [0.29, 0.717) is 19.6 Å².